The predicted octanol–water partition coefficient (Wildman–Crippen LogP) is 3.81. The molecule has 2 aromatic heterocycles. The van der Waals surface area contributed by atoms with E-state index in [0.717, 1.165) is 22.2 Å². The lowest BCUT2D eigenvalue weighted by molar-refractivity contribution is 0.609. The Kier molecular flexibility index (Phi) is 4.43. The molecule has 134 valence electrons. The van der Waals surface area contributed by atoms with E-state index >= 15 is 0 Å². The molecule has 6 nitrogen and oxygen atoms in total. The van der Waals surface area contributed by atoms with Crippen molar-refractivity contribution in [1.82, 2.24) is 14.4 Å². The first-order chi connectivity index (χ1) is 13.1. The minimum atomic E-state index is -3.59. The second-order valence-corrected chi connectivity index (χ2v) is 7.46. The van der Waals surface area contributed by atoms with E-state index in [0.29, 0.717) is 11.5 Å². The highest BCUT2D eigenvalue weighted by Gasteiger charge is 2.08. The van der Waals surface area contributed by atoms with E-state index in [1.165, 1.54) is 0 Å². The van der Waals surface area contributed by atoms with Gasteiger partial charge in [-0.2, -0.15) is 0 Å². The van der Waals surface area contributed by atoms with Gasteiger partial charge in [0.25, 0.3) is 10.0 Å². The monoisotopic (exact) mass is 376 g/mol. The van der Waals surface area contributed by atoms with Crippen molar-refractivity contribution in [2.45, 2.75) is 0 Å². The molecule has 0 bridgehead atoms. The summed E-state index contributed by atoms with van der Waals surface area (Å²) < 4.78 is 28.8. The summed E-state index contributed by atoms with van der Waals surface area (Å²) in [6, 6.07) is 18.2. The second-order valence-electron chi connectivity index (χ2n) is 5.89. The maximum absolute atomic E-state index is 12.2. The largest absolute Gasteiger partial charge is 0.291 e. The normalized spacial score (nSPS) is 11.9. The van der Waals surface area contributed by atoms with Gasteiger partial charge in [-0.3, -0.25) is 9.12 Å². The molecule has 0 unspecified atom stereocenters. The number of anilines is 1. The number of hydrogen-bond donors (Lipinski definition) is 1. The van der Waals surface area contributed by atoms with E-state index in [1.54, 1.807) is 24.4 Å². The van der Waals surface area contributed by atoms with Crippen molar-refractivity contribution in [1.29, 1.82) is 0 Å². The summed E-state index contributed by atoms with van der Waals surface area (Å²) in [5.74, 6) is 0.614. The number of aromatic nitrogens is 3. The summed E-state index contributed by atoms with van der Waals surface area (Å²) >= 11 is 0. The van der Waals surface area contributed by atoms with Crippen LogP contribution in [-0.2, 0) is 10.0 Å². The molecule has 2 aromatic carbocycles. The minimum Gasteiger partial charge on any atom is -0.291 e. The number of benzene rings is 2. The van der Waals surface area contributed by atoms with Crippen molar-refractivity contribution in [3.05, 3.63) is 90.2 Å². The summed E-state index contributed by atoms with van der Waals surface area (Å²) in [5.41, 5.74) is 2.95. The maximum Gasteiger partial charge on any atom is 0.255 e. The molecule has 0 fully saturated rings. The Morgan fingerprint density at radius 1 is 0.963 bits per heavy atom. The van der Waals surface area contributed by atoms with Crippen molar-refractivity contribution in [3.8, 4) is 11.3 Å². The summed E-state index contributed by atoms with van der Waals surface area (Å²) in [4.78, 5) is 8.64. The summed E-state index contributed by atoms with van der Waals surface area (Å²) in [6.07, 6.45) is 7.00. The molecule has 0 amide bonds. The van der Waals surface area contributed by atoms with Crippen LogP contribution in [0.4, 0.5) is 5.69 Å². The van der Waals surface area contributed by atoms with Crippen LogP contribution in [-0.4, -0.2) is 22.8 Å². The lowest BCUT2D eigenvalue weighted by Crippen LogP contribution is -2.08. The molecule has 0 aliphatic carbocycles. The zero-order valence-electron chi connectivity index (χ0n) is 14.2. The third-order valence-electron chi connectivity index (χ3n) is 3.92. The summed E-state index contributed by atoms with van der Waals surface area (Å²) in [7, 11) is -3.59. The van der Waals surface area contributed by atoms with Crippen LogP contribution in [0.25, 0.3) is 23.1 Å². The van der Waals surface area contributed by atoms with Crippen LogP contribution in [0.1, 0.15) is 5.56 Å². The number of sulfonamides is 1. The number of hydrogen-bond acceptors (Lipinski definition) is 4. The Morgan fingerprint density at radius 2 is 1.74 bits per heavy atom. The van der Waals surface area contributed by atoms with Gasteiger partial charge >= 0.3 is 0 Å². The first-order valence-electron chi connectivity index (χ1n) is 8.25. The van der Waals surface area contributed by atoms with E-state index < -0.39 is 10.0 Å². The first kappa shape index (κ1) is 17.0. The molecular weight excluding hydrogens is 360 g/mol. The molecule has 1 N–H and O–H groups in total. The van der Waals surface area contributed by atoms with Crippen LogP contribution in [0.2, 0.25) is 0 Å². The molecule has 0 aliphatic rings. The predicted molar refractivity (Wildman–Crippen MR) is 106 cm³/mol. The van der Waals surface area contributed by atoms with Crippen molar-refractivity contribution in [2.75, 3.05) is 4.72 Å². The standard InChI is InChI=1S/C20H16N4O2S/c25-27(26,14-11-16-5-2-1-3-6-16)23-18-9-7-17(8-10-18)19-15-24-13-4-12-21-20(24)22-19/h1-15,23H/b14-11+. The van der Waals surface area contributed by atoms with Gasteiger partial charge in [-0.25, -0.2) is 18.4 Å². The first-order valence-corrected chi connectivity index (χ1v) is 9.80. The van der Waals surface area contributed by atoms with E-state index in [1.807, 2.05) is 65.3 Å². The molecule has 27 heavy (non-hydrogen) atoms. The molecule has 0 aliphatic heterocycles. The van der Waals surface area contributed by atoms with Crippen molar-refractivity contribution >= 4 is 27.6 Å². The van der Waals surface area contributed by atoms with Crippen LogP contribution in [0, 0.1) is 0 Å². The molecule has 0 spiro atoms. The Balaban J connectivity index is 1.51. The molecule has 2 heterocycles. The zero-order chi connectivity index (χ0) is 18.7. The fraction of sp³-hybridized carbons (Fsp3) is 0. The number of rotatable bonds is 5. The third kappa shape index (κ3) is 4.04. The van der Waals surface area contributed by atoms with Crippen molar-refractivity contribution < 1.29 is 8.42 Å². The molecule has 0 saturated carbocycles. The Labute approximate surface area is 156 Å². The van der Waals surface area contributed by atoms with Crippen LogP contribution >= 0.6 is 0 Å². The van der Waals surface area contributed by atoms with Crippen LogP contribution in [0.15, 0.2) is 84.7 Å². The van der Waals surface area contributed by atoms with Gasteiger partial charge in [0.1, 0.15) is 0 Å². The summed E-state index contributed by atoms with van der Waals surface area (Å²) in [6.45, 7) is 0. The smallest absolute Gasteiger partial charge is 0.255 e. The molecule has 0 saturated heterocycles. The highest BCUT2D eigenvalue weighted by Crippen LogP contribution is 2.21. The van der Waals surface area contributed by atoms with Gasteiger partial charge in [-0.15, -0.1) is 0 Å². The number of nitrogens with zero attached hydrogens (tertiary/aromatic N) is 3. The van der Waals surface area contributed by atoms with E-state index in [9.17, 15) is 8.42 Å². The SMILES string of the molecule is O=S(=O)(/C=C/c1ccccc1)Nc1ccc(-c2cn3cccnc3n2)cc1. The fourth-order valence-corrected chi connectivity index (χ4v) is 3.48. The Hall–Kier alpha value is -3.45. The highest BCUT2D eigenvalue weighted by atomic mass is 32.2. The Morgan fingerprint density at radius 3 is 2.48 bits per heavy atom. The van der Waals surface area contributed by atoms with Gasteiger partial charge in [-0.05, 0) is 29.8 Å². The third-order valence-corrected chi connectivity index (χ3v) is 4.93. The molecule has 0 atom stereocenters. The van der Waals surface area contributed by atoms with Gasteiger partial charge in [-0.1, -0.05) is 42.5 Å². The van der Waals surface area contributed by atoms with Gasteiger partial charge in [0.15, 0.2) is 0 Å². The fourth-order valence-electron chi connectivity index (χ4n) is 2.61. The van der Waals surface area contributed by atoms with Crippen molar-refractivity contribution in [3.63, 3.8) is 0 Å². The van der Waals surface area contributed by atoms with Crippen molar-refractivity contribution in [2.24, 2.45) is 0 Å². The highest BCUT2D eigenvalue weighted by molar-refractivity contribution is 7.95. The van der Waals surface area contributed by atoms with Gasteiger partial charge in [0, 0.05) is 29.8 Å². The van der Waals surface area contributed by atoms with Gasteiger partial charge < -0.3 is 0 Å². The number of imidazole rings is 1. The van der Waals surface area contributed by atoms with Crippen LogP contribution < -0.4 is 4.72 Å². The molecule has 0 radical (unpaired) electrons. The number of nitrogens with one attached hydrogen (secondary N) is 1. The van der Waals surface area contributed by atoms with E-state index in [2.05, 4.69) is 14.7 Å². The minimum absolute atomic E-state index is 0.485. The second kappa shape index (κ2) is 7.05. The van der Waals surface area contributed by atoms with Gasteiger partial charge in [0.05, 0.1) is 11.1 Å². The van der Waals surface area contributed by atoms with E-state index in [-0.39, 0.29) is 0 Å². The van der Waals surface area contributed by atoms with Crippen LogP contribution in [0.5, 0.6) is 0 Å². The lowest BCUT2D eigenvalue weighted by atomic mass is 10.1. The van der Waals surface area contributed by atoms with E-state index in [4.69, 9.17) is 0 Å². The van der Waals surface area contributed by atoms with Crippen LogP contribution in [0.3, 0.4) is 0 Å². The Bertz CT molecular complexity index is 1160. The molecular formula is C20H16N4O2S. The number of fused-ring (bicyclic) bond motifs is 1. The van der Waals surface area contributed by atoms with Gasteiger partial charge in [0.2, 0.25) is 5.78 Å². The lowest BCUT2D eigenvalue weighted by Gasteiger charge is -2.05. The topological polar surface area (TPSA) is 76.4 Å². The molecule has 4 aromatic rings. The summed E-state index contributed by atoms with van der Waals surface area (Å²) in [5, 5.41) is 1.16. The quantitative estimate of drug-likeness (QED) is 0.575. The molecule has 7 heteroatoms. The molecule has 4 rings (SSSR count). The zero-order valence-corrected chi connectivity index (χ0v) is 15.0. The average molecular weight is 376 g/mol. The maximum atomic E-state index is 12.2. The average Bonchev–Trinajstić information content (AvgIpc) is 3.12.